The highest BCUT2D eigenvalue weighted by Crippen LogP contribution is 2.17. The highest BCUT2D eigenvalue weighted by molar-refractivity contribution is 6.04. The highest BCUT2D eigenvalue weighted by Gasteiger charge is 2.13. The maximum Gasteiger partial charge on any atom is 0.267 e. The van der Waals surface area contributed by atoms with Gasteiger partial charge in [-0.1, -0.05) is 60.7 Å². The van der Waals surface area contributed by atoms with E-state index in [0.717, 1.165) is 6.20 Å². The van der Waals surface area contributed by atoms with Crippen LogP contribution in [0.4, 0.5) is 0 Å². The quantitative estimate of drug-likeness (QED) is 0.687. The number of carbonyl (C=O) groups is 2. The lowest BCUT2D eigenvalue weighted by Crippen LogP contribution is -2.19. The first-order chi connectivity index (χ1) is 11.1. The van der Waals surface area contributed by atoms with Crippen molar-refractivity contribution in [3.63, 3.8) is 0 Å². The molecule has 2 amide bonds. The van der Waals surface area contributed by atoms with Crippen LogP contribution in [0, 0.1) is 0 Å². The van der Waals surface area contributed by atoms with Crippen LogP contribution in [-0.2, 0) is 0 Å². The third-order valence-electron chi connectivity index (χ3n) is 3.03. The first-order valence-corrected chi connectivity index (χ1v) is 6.83. The van der Waals surface area contributed by atoms with E-state index in [1.54, 1.807) is 0 Å². The molecule has 0 fully saturated rings. The molecule has 0 saturated carbocycles. The van der Waals surface area contributed by atoms with Gasteiger partial charge in [0.2, 0.25) is 0 Å². The number of aromatic nitrogens is 2. The van der Waals surface area contributed by atoms with E-state index in [2.05, 4.69) is 58.7 Å². The molecule has 6 heteroatoms. The van der Waals surface area contributed by atoms with Gasteiger partial charge in [-0.3, -0.25) is 14.7 Å². The SMILES string of the molecule is NC(=O)c1cn[nH]c1C(N)=O.c1ccc(-c2ccccc2)cc1. The van der Waals surface area contributed by atoms with Gasteiger partial charge < -0.3 is 11.5 Å². The number of nitrogens with zero attached hydrogens (tertiary/aromatic N) is 1. The predicted molar refractivity (Wildman–Crippen MR) is 87.5 cm³/mol. The van der Waals surface area contributed by atoms with Gasteiger partial charge in [0.05, 0.1) is 11.8 Å². The van der Waals surface area contributed by atoms with Crippen LogP contribution in [-0.4, -0.2) is 22.0 Å². The van der Waals surface area contributed by atoms with Crippen molar-refractivity contribution in [1.82, 2.24) is 10.2 Å². The number of rotatable bonds is 3. The molecule has 3 rings (SSSR count). The van der Waals surface area contributed by atoms with E-state index in [1.807, 2.05) is 12.1 Å². The molecule has 0 radical (unpaired) electrons. The van der Waals surface area contributed by atoms with E-state index in [-0.39, 0.29) is 11.3 Å². The number of hydrogen-bond donors (Lipinski definition) is 3. The summed E-state index contributed by atoms with van der Waals surface area (Å²) in [4.78, 5) is 21.1. The number of nitrogens with one attached hydrogen (secondary N) is 1. The Morgan fingerprint density at radius 2 is 1.26 bits per heavy atom. The second-order valence-electron chi connectivity index (χ2n) is 4.62. The predicted octanol–water partition coefficient (Wildman–Crippen LogP) is 1.96. The molecule has 23 heavy (non-hydrogen) atoms. The van der Waals surface area contributed by atoms with Crippen molar-refractivity contribution in [2.24, 2.45) is 11.5 Å². The van der Waals surface area contributed by atoms with E-state index in [0.29, 0.717) is 0 Å². The van der Waals surface area contributed by atoms with Gasteiger partial charge in [-0.15, -0.1) is 0 Å². The third kappa shape index (κ3) is 4.28. The fourth-order valence-electron chi connectivity index (χ4n) is 1.92. The fraction of sp³-hybridized carbons (Fsp3) is 0. The number of primary amides is 2. The lowest BCUT2D eigenvalue weighted by atomic mass is 10.1. The molecule has 0 bridgehead atoms. The number of amides is 2. The topological polar surface area (TPSA) is 115 Å². The average molecular weight is 308 g/mol. The average Bonchev–Trinajstić information content (AvgIpc) is 3.07. The molecule has 6 nitrogen and oxygen atoms in total. The first-order valence-electron chi connectivity index (χ1n) is 6.83. The summed E-state index contributed by atoms with van der Waals surface area (Å²) in [5.74, 6) is -1.48. The van der Waals surface area contributed by atoms with Crippen LogP contribution >= 0.6 is 0 Å². The summed E-state index contributed by atoms with van der Waals surface area (Å²) >= 11 is 0. The summed E-state index contributed by atoms with van der Waals surface area (Å²) in [6.45, 7) is 0. The number of nitrogens with two attached hydrogens (primary N) is 2. The third-order valence-corrected chi connectivity index (χ3v) is 3.03. The van der Waals surface area contributed by atoms with Crippen molar-refractivity contribution in [2.45, 2.75) is 0 Å². The molecule has 0 aliphatic carbocycles. The fourth-order valence-corrected chi connectivity index (χ4v) is 1.92. The molecule has 0 spiro atoms. The van der Waals surface area contributed by atoms with E-state index in [4.69, 9.17) is 11.5 Å². The number of carbonyl (C=O) groups excluding carboxylic acids is 2. The molecule has 0 unspecified atom stereocenters. The number of aromatic amines is 1. The van der Waals surface area contributed by atoms with E-state index in [1.165, 1.54) is 11.1 Å². The van der Waals surface area contributed by atoms with Crippen molar-refractivity contribution in [2.75, 3.05) is 0 Å². The summed E-state index contributed by atoms with van der Waals surface area (Å²) in [5.41, 5.74) is 12.3. The minimum atomic E-state index is -0.753. The van der Waals surface area contributed by atoms with Crippen LogP contribution in [0.15, 0.2) is 66.9 Å². The summed E-state index contributed by atoms with van der Waals surface area (Å²) in [7, 11) is 0. The van der Waals surface area contributed by atoms with Crippen molar-refractivity contribution in [1.29, 1.82) is 0 Å². The molecule has 0 saturated heterocycles. The van der Waals surface area contributed by atoms with Gasteiger partial charge in [-0.25, -0.2) is 0 Å². The van der Waals surface area contributed by atoms with Crippen LogP contribution in [0.25, 0.3) is 11.1 Å². The minimum absolute atomic E-state index is 0.0116. The zero-order valence-electron chi connectivity index (χ0n) is 12.3. The maximum atomic E-state index is 10.5. The van der Waals surface area contributed by atoms with Gasteiger partial charge in [0.15, 0.2) is 0 Å². The van der Waals surface area contributed by atoms with Crippen molar-refractivity contribution in [3.05, 3.63) is 78.1 Å². The maximum absolute atomic E-state index is 10.5. The summed E-state index contributed by atoms with van der Waals surface area (Å²) in [5, 5.41) is 5.70. The lowest BCUT2D eigenvalue weighted by Gasteiger charge is -1.98. The zero-order chi connectivity index (χ0) is 16.7. The Morgan fingerprint density at radius 3 is 1.61 bits per heavy atom. The first kappa shape index (κ1) is 16.0. The molecule has 0 atom stereocenters. The van der Waals surface area contributed by atoms with E-state index < -0.39 is 11.8 Å². The molecule has 0 aliphatic heterocycles. The minimum Gasteiger partial charge on any atom is -0.365 e. The van der Waals surface area contributed by atoms with Crippen LogP contribution in [0.5, 0.6) is 0 Å². The van der Waals surface area contributed by atoms with Crippen molar-refractivity contribution in [3.8, 4) is 11.1 Å². The van der Waals surface area contributed by atoms with Crippen LogP contribution in [0.3, 0.4) is 0 Å². The molecule has 3 aromatic rings. The summed E-state index contributed by atoms with van der Waals surface area (Å²) < 4.78 is 0. The Kier molecular flexibility index (Phi) is 5.25. The molecular formula is C17H16N4O2. The standard InChI is InChI=1S/C12H10.C5H6N4O2/c1-3-7-11(8-4-1)12-9-5-2-6-10-12;6-4(10)2-1-8-9-3(2)5(7)11/h1-10H;1H,(H2,6,10)(H2,7,11)(H,8,9). The lowest BCUT2D eigenvalue weighted by molar-refractivity contribution is 0.0965. The van der Waals surface area contributed by atoms with Crippen LogP contribution < -0.4 is 11.5 Å². The monoisotopic (exact) mass is 308 g/mol. The summed E-state index contributed by atoms with van der Waals surface area (Å²) in [6, 6.07) is 20.8. The molecule has 2 aromatic carbocycles. The molecule has 5 N–H and O–H groups in total. The Hall–Kier alpha value is -3.41. The number of hydrogen-bond acceptors (Lipinski definition) is 3. The van der Waals surface area contributed by atoms with E-state index in [9.17, 15) is 9.59 Å². The second kappa shape index (κ2) is 7.56. The summed E-state index contributed by atoms with van der Waals surface area (Å²) in [6.07, 6.45) is 1.16. The molecule has 116 valence electrons. The van der Waals surface area contributed by atoms with Gasteiger partial charge in [-0.2, -0.15) is 5.10 Å². The van der Waals surface area contributed by atoms with Gasteiger partial charge in [0.1, 0.15) is 5.69 Å². The Morgan fingerprint density at radius 1 is 0.783 bits per heavy atom. The van der Waals surface area contributed by atoms with E-state index >= 15 is 0 Å². The van der Waals surface area contributed by atoms with Gasteiger partial charge in [-0.05, 0) is 11.1 Å². The van der Waals surface area contributed by atoms with Gasteiger partial charge >= 0.3 is 0 Å². The second-order valence-corrected chi connectivity index (χ2v) is 4.62. The highest BCUT2D eigenvalue weighted by atomic mass is 16.2. The number of benzene rings is 2. The van der Waals surface area contributed by atoms with Gasteiger partial charge in [0.25, 0.3) is 11.8 Å². The van der Waals surface area contributed by atoms with Crippen LogP contribution in [0.2, 0.25) is 0 Å². The molecule has 1 heterocycles. The molecule has 0 aliphatic rings. The van der Waals surface area contributed by atoms with Gasteiger partial charge in [0, 0.05) is 0 Å². The van der Waals surface area contributed by atoms with Crippen molar-refractivity contribution < 1.29 is 9.59 Å². The smallest absolute Gasteiger partial charge is 0.267 e. The Bertz CT molecular complexity index is 717. The number of H-pyrrole nitrogens is 1. The Labute approximate surface area is 133 Å². The molecular weight excluding hydrogens is 292 g/mol. The zero-order valence-corrected chi connectivity index (χ0v) is 12.3. The van der Waals surface area contributed by atoms with Crippen molar-refractivity contribution >= 4 is 11.8 Å². The normalized spacial score (nSPS) is 9.57. The Balaban J connectivity index is 0.000000168. The van der Waals surface area contributed by atoms with Crippen LogP contribution in [0.1, 0.15) is 20.8 Å². The largest absolute Gasteiger partial charge is 0.365 e. The molecule has 1 aromatic heterocycles.